The molecule has 4 heterocycles. The van der Waals surface area contributed by atoms with E-state index in [1.807, 2.05) is 0 Å². The Morgan fingerprint density at radius 2 is 0.693 bits per heavy atom. The van der Waals surface area contributed by atoms with Crippen molar-refractivity contribution >= 4 is 116 Å². The first-order chi connectivity index (χ1) is 37.2. The molecule has 0 N–H and O–H groups in total. The SMILES string of the molecule is c1ccc(-n2c3ccc(-n4c5ccccc5c5ccccc54)cc3c3cc4cc(c5ccccc5c5nc(-c6ccc([Si](c7ccccc7)(c7ccccc7)c7ccccc7)cc6)nc(n5)c5ccccc45)c32)cc1. The van der Waals surface area contributed by atoms with Gasteiger partial charge in [0.15, 0.2) is 25.2 Å². The summed E-state index contributed by atoms with van der Waals surface area (Å²) in [6.45, 7) is 0. The third-order valence-electron chi connectivity index (χ3n) is 15.5. The second-order valence-electron chi connectivity index (χ2n) is 19.5. The van der Waals surface area contributed by atoms with E-state index >= 15 is 0 Å². The summed E-state index contributed by atoms with van der Waals surface area (Å²) in [5.41, 5.74) is 9.01. The Bertz CT molecular complexity index is 4590. The van der Waals surface area contributed by atoms with Crippen LogP contribution in [0.25, 0.3) is 110 Å². The quantitative estimate of drug-likeness (QED) is 0.118. The zero-order valence-corrected chi connectivity index (χ0v) is 41.7. The molecule has 350 valence electrons. The van der Waals surface area contributed by atoms with Crippen molar-refractivity contribution in [2.75, 3.05) is 0 Å². The largest absolute Gasteiger partial charge is 0.309 e. The molecule has 4 bridgehead atoms. The molecule has 11 aromatic carbocycles. The fraction of sp³-hybridized carbons (Fsp3) is 0. The molecule has 15 rings (SSSR count). The summed E-state index contributed by atoms with van der Waals surface area (Å²) >= 11 is 0. The predicted octanol–water partition coefficient (Wildman–Crippen LogP) is 14.3. The summed E-state index contributed by atoms with van der Waals surface area (Å²) in [6.07, 6.45) is 0. The van der Waals surface area contributed by atoms with E-state index in [9.17, 15) is 0 Å². The molecule has 15 aromatic rings. The monoisotopic (exact) mass is 971 g/mol. The maximum Gasteiger partial charge on any atom is 0.179 e. The molecule has 5 nitrogen and oxygen atoms in total. The number of hydrogen-bond donors (Lipinski definition) is 0. The van der Waals surface area contributed by atoms with Gasteiger partial charge in [0.25, 0.3) is 0 Å². The fourth-order valence-electron chi connectivity index (χ4n) is 12.2. The van der Waals surface area contributed by atoms with Gasteiger partial charge in [-0.05, 0) is 91.5 Å². The Kier molecular flexibility index (Phi) is 9.83. The van der Waals surface area contributed by atoms with Gasteiger partial charge in [-0.2, -0.15) is 0 Å². The van der Waals surface area contributed by atoms with Crippen LogP contribution in [0.5, 0.6) is 0 Å². The van der Waals surface area contributed by atoms with Crippen LogP contribution < -0.4 is 20.7 Å². The molecule has 0 unspecified atom stereocenters. The Morgan fingerprint density at radius 3 is 1.25 bits per heavy atom. The fourth-order valence-corrected chi connectivity index (χ4v) is 16.9. The van der Waals surface area contributed by atoms with E-state index in [-0.39, 0.29) is 0 Å². The molecular weight excluding hydrogens is 927 g/mol. The summed E-state index contributed by atoms with van der Waals surface area (Å²) < 4.78 is 4.86. The summed E-state index contributed by atoms with van der Waals surface area (Å²) in [4.78, 5) is 16.2. The molecule has 0 amide bonds. The molecular formula is C69H45N5Si. The molecule has 4 aromatic heterocycles. The van der Waals surface area contributed by atoms with E-state index in [2.05, 4.69) is 282 Å². The van der Waals surface area contributed by atoms with Crippen LogP contribution in [0.15, 0.2) is 273 Å². The number of para-hydroxylation sites is 3. The van der Waals surface area contributed by atoms with Crippen LogP contribution in [0.1, 0.15) is 0 Å². The average molecular weight is 972 g/mol. The van der Waals surface area contributed by atoms with E-state index in [0.29, 0.717) is 17.1 Å². The first-order valence-corrected chi connectivity index (χ1v) is 27.6. The number of nitrogens with zero attached hydrogens (tertiary/aromatic N) is 5. The minimum absolute atomic E-state index is 0.627. The lowest BCUT2D eigenvalue weighted by atomic mass is 10.00. The standard InChI is InChI=1S/C69H45N5Si/c1-5-21-48(22-6-1)74-65-42-39-49(73-63-35-19-17-31-56(63)57-32-18-20-36-64(57)73)45-60(65)62-44-47-43-61(66(62)74)55-30-14-16-34-59(55)69-71-67(70-68(72-69)58-33-15-13-29-54(47)58)46-37-40-53(41-38-46)75(50-23-7-2-8-24-50,51-25-9-3-10-26-51)52-27-11-4-12-28-52/h1-45H. The van der Waals surface area contributed by atoms with Crippen LogP contribution in [-0.2, 0) is 0 Å². The maximum absolute atomic E-state index is 5.44. The molecule has 0 aliphatic rings. The Labute approximate surface area is 433 Å². The molecule has 75 heavy (non-hydrogen) atoms. The van der Waals surface area contributed by atoms with Crippen molar-refractivity contribution < 1.29 is 0 Å². The van der Waals surface area contributed by atoms with Crippen molar-refractivity contribution in [2.24, 2.45) is 0 Å². The van der Waals surface area contributed by atoms with E-state index < -0.39 is 8.07 Å². The second kappa shape index (κ2) is 17.2. The highest BCUT2D eigenvalue weighted by Gasteiger charge is 2.41. The number of hydrogen-bond acceptors (Lipinski definition) is 3. The van der Waals surface area contributed by atoms with Crippen molar-refractivity contribution in [3.05, 3.63) is 273 Å². The Balaban J connectivity index is 1.01. The number of aromatic nitrogens is 5. The van der Waals surface area contributed by atoms with Gasteiger partial charge in [-0.15, -0.1) is 0 Å². The van der Waals surface area contributed by atoms with E-state index in [1.165, 1.54) is 47.9 Å². The lowest BCUT2D eigenvalue weighted by molar-refractivity contribution is 1.17. The lowest BCUT2D eigenvalue weighted by Gasteiger charge is -2.34. The molecule has 0 aliphatic heterocycles. The molecule has 6 heteroatoms. The minimum Gasteiger partial charge on any atom is -0.309 e. The van der Waals surface area contributed by atoms with E-state index in [1.54, 1.807) is 0 Å². The molecule has 0 radical (unpaired) electrons. The Hall–Kier alpha value is -9.75. The molecule has 0 spiro atoms. The van der Waals surface area contributed by atoms with Crippen molar-refractivity contribution in [2.45, 2.75) is 0 Å². The third-order valence-corrected chi connectivity index (χ3v) is 20.3. The van der Waals surface area contributed by atoms with Crippen LogP contribution in [0.3, 0.4) is 0 Å². The van der Waals surface area contributed by atoms with Gasteiger partial charge in [-0.25, -0.2) is 15.0 Å². The van der Waals surface area contributed by atoms with Crippen LogP contribution in [0.2, 0.25) is 0 Å². The van der Waals surface area contributed by atoms with Crippen LogP contribution >= 0.6 is 0 Å². The number of benzene rings is 11. The van der Waals surface area contributed by atoms with Gasteiger partial charge in [-0.1, -0.05) is 218 Å². The van der Waals surface area contributed by atoms with Gasteiger partial charge in [0.05, 0.1) is 22.1 Å². The highest BCUT2D eigenvalue weighted by molar-refractivity contribution is 7.19. The van der Waals surface area contributed by atoms with Gasteiger partial charge >= 0.3 is 0 Å². The van der Waals surface area contributed by atoms with Gasteiger partial charge < -0.3 is 9.13 Å². The summed E-state index contributed by atoms with van der Waals surface area (Å²) in [5, 5.41) is 16.3. The highest BCUT2D eigenvalue weighted by atomic mass is 28.3. The van der Waals surface area contributed by atoms with Gasteiger partial charge in [0, 0.05) is 54.6 Å². The average Bonchev–Trinajstić information content (AvgIpc) is 4.02. The molecule has 0 atom stereocenters. The van der Waals surface area contributed by atoms with Gasteiger partial charge in [-0.3, -0.25) is 0 Å². The van der Waals surface area contributed by atoms with Crippen LogP contribution in [0, 0.1) is 0 Å². The van der Waals surface area contributed by atoms with Crippen LogP contribution in [-0.4, -0.2) is 32.2 Å². The topological polar surface area (TPSA) is 48.5 Å². The second-order valence-corrected chi connectivity index (χ2v) is 23.3. The Morgan fingerprint density at radius 1 is 0.267 bits per heavy atom. The van der Waals surface area contributed by atoms with Crippen LogP contribution in [0.4, 0.5) is 0 Å². The summed E-state index contributed by atoms with van der Waals surface area (Å²) in [6, 6.07) is 99.4. The molecule has 0 aliphatic carbocycles. The van der Waals surface area contributed by atoms with Crippen molar-refractivity contribution in [3.63, 3.8) is 0 Å². The van der Waals surface area contributed by atoms with Gasteiger partial charge in [0.1, 0.15) is 0 Å². The van der Waals surface area contributed by atoms with E-state index in [4.69, 9.17) is 15.0 Å². The molecule has 0 fully saturated rings. The summed E-state index contributed by atoms with van der Waals surface area (Å²) in [7, 11) is -2.76. The van der Waals surface area contributed by atoms with Crippen molar-refractivity contribution in [1.82, 2.24) is 24.1 Å². The van der Waals surface area contributed by atoms with E-state index in [0.717, 1.165) is 65.7 Å². The number of rotatable bonds is 7. The van der Waals surface area contributed by atoms with Crippen molar-refractivity contribution in [1.29, 1.82) is 0 Å². The maximum atomic E-state index is 5.44. The van der Waals surface area contributed by atoms with Crippen molar-refractivity contribution in [3.8, 4) is 22.8 Å². The summed E-state index contributed by atoms with van der Waals surface area (Å²) in [5.74, 6) is 0.628. The number of fused-ring (bicyclic) bond motifs is 17. The molecule has 0 saturated carbocycles. The zero-order valence-electron chi connectivity index (χ0n) is 40.7. The third kappa shape index (κ3) is 6.67. The molecule has 0 saturated heterocycles. The lowest BCUT2D eigenvalue weighted by Crippen LogP contribution is -2.74. The predicted molar refractivity (Wildman–Crippen MR) is 316 cm³/mol. The first-order valence-electron chi connectivity index (χ1n) is 25.6. The first kappa shape index (κ1) is 42.9. The van der Waals surface area contributed by atoms with Gasteiger partial charge in [0.2, 0.25) is 0 Å². The zero-order chi connectivity index (χ0) is 49.5. The normalized spacial score (nSPS) is 12.0. The smallest absolute Gasteiger partial charge is 0.179 e. The highest BCUT2D eigenvalue weighted by Crippen LogP contribution is 2.42. The minimum atomic E-state index is -2.76.